The lowest BCUT2D eigenvalue weighted by atomic mass is 9.37. The molecule has 2 heteroatoms. The van der Waals surface area contributed by atoms with Crippen molar-refractivity contribution in [3.63, 3.8) is 0 Å². The Bertz CT molecular complexity index is 764. The number of benzene rings is 2. The van der Waals surface area contributed by atoms with Crippen molar-refractivity contribution in [2.24, 2.45) is 29.1 Å². The van der Waals surface area contributed by atoms with Crippen molar-refractivity contribution in [1.82, 2.24) is 0 Å². The van der Waals surface area contributed by atoms with Gasteiger partial charge in [0, 0.05) is 5.41 Å². The zero-order valence-corrected chi connectivity index (χ0v) is 14.4. The molecule has 0 radical (unpaired) electrons. The van der Waals surface area contributed by atoms with Crippen molar-refractivity contribution in [3.8, 4) is 11.5 Å². The largest absolute Gasteiger partial charge is 0.508 e. The fourth-order valence-corrected chi connectivity index (χ4v) is 7.97. The molecule has 2 aromatic rings. The predicted molar refractivity (Wildman–Crippen MR) is 96.5 cm³/mol. The van der Waals surface area contributed by atoms with Gasteiger partial charge in [0.2, 0.25) is 0 Å². The first-order valence-electron chi connectivity index (χ1n) is 9.72. The average Bonchev–Trinajstić information content (AvgIpc) is 2.99. The maximum atomic E-state index is 9.81. The first kappa shape index (κ1) is 14.2. The van der Waals surface area contributed by atoms with Crippen LogP contribution in [0.15, 0.2) is 48.5 Å². The van der Waals surface area contributed by atoms with Crippen molar-refractivity contribution in [2.75, 3.05) is 0 Å². The van der Waals surface area contributed by atoms with Crippen molar-refractivity contribution >= 4 is 0 Å². The van der Waals surface area contributed by atoms with Gasteiger partial charge >= 0.3 is 0 Å². The lowest BCUT2D eigenvalue weighted by Gasteiger charge is -2.65. The quantitative estimate of drug-likeness (QED) is 0.826. The Kier molecular flexibility index (Phi) is 2.51. The summed E-state index contributed by atoms with van der Waals surface area (Å²) < 4.78 is 0. The van der Waals surface area contributed by atoms with Crippen LogP contribution in [0.1, 0.15) is 43.2 Å². The van der Waals surface area contributed by atoms with Crippen molar-refractivity contribution in [2.45, 2.75) is 37.5 Å². The van der Waals surface area contributed by atoms with E-state index in [2.05, 4.69) is 24.3 Å². The van der Waals surface area contributed by atoms with Crippen LogP contribution in [0.5, 0.6) is 11.5 Å². The van der Waals surface area contributed by atoms with Crippen LogP contribution in [-0.2, 0) is 5.41 Å². The molecule has 0 aliphatic heterocycles. The number of hydrogen-bond donors (Lipinski definition) is 2. The fourth-order valence-electron chi connectivity index (χ4n) is 7.97. The summed E-state index contributed by atoms with van der Waals surface area (Å²) >= 11 is 0. The molecule has 4 atom stereocenters. The summed E-state index contributed by atoms with van der Waals surface area (Å²) in [7, 11) is 0. The molecule has 0 heterocycles. The summed E-state index contributed by atoms with van der Waals surface area (Å²) in [5.41, 5.74) is 3.38. The maximum Gasteiger partial charge on any atom is 0.115 e. The molecule has 128 valence electrons. The summed E-state index contributed by atoms with van der Waals surface area (Å²) in [5, 5.41) is 19.6. The molecule has 2 N–H and O–H groups in total. The van der Waals surface area contributed by atoms with Gasteiger partial charge in [-0.15, -0.1) is 0 Å². The van der Waals surface area contributed by atoms with Gasteiger partial charge in [0.05, 0.1) is 0 Å². The van der Waals surface area contributed by atoms with Gasteiger partial charge in [-0.05, 0) is 96.6 Å². The van der Waals surface area contributed by atoms with Gasteiger partial charge in [-0.3, -0.25) is 0 Å². The van der Waals surface area contributed by atoms with Crippen LogP contribution in [0.25, 0.3) is 0 Å². The highest BCUT2D eigenvalue weighted by Gasteiger charge is 2.77. The molecule has 3 bridgehead atoms. The number of rotatable bonds is 2. The molecule has 4 aliphatic rings. The summed E-state index contributed by atoms with van der Waals surface area (Å²) in [6.45, 7) is 0. The first-order valence-corrected chi connectivity index (χ1v) is 9.72. The highest BCUT2D eigenvalue weighted by Crippen LogP contribution is 2.83. The average molecular weight is 332 g/mol. The Balaban J connectivity index is 1.59. The third kappa shape index (κ3) is 1.53. The maximum absolute atomic E-state index is 9.81. The Morgan fingerprint density at radius 3 is 1.52 bits per heavy atom. The zero-order valence-electron chi connectivity index (χ0n) is 14.4. The normalized spacial score (nSPS) is 39.2. The van der Waals surface area contributed by atoms with Crippen LogP contribution in [0.4, 0.5) is 0 Å². The Hall–Kier alpha value is -1.96. The predicted octanol–water partition coefficient (Wildman–Crippen LogP) is 4.84. The molecular formula is C23H24O2. The van der Waals surface area contributed by atoms with Gasteiger partial charge < -0.3 is 10.2 Å². The molecule has 1 spiro atoms. The van der Waals surface area contributed by atoms with E-state index in [1.165, 1.54) is 43.2 Å². The smallest absolute Gasteiger partial charge is 0.115 e. The molecule has 6 rings (SSSR count). The lowest BCUT2D eigenvalue weighted by Crippen LogP contribution is -2.63. The number of phenolic OH excluding ortho intramolecular Hbond substituents is 2. The first-order chi connectivity index (χ1) is 12.1. The van der Waals surface area contributed by atoms with E-state index >= 15 is 0 Å². The minimum Gasteiger partial charge on any atom is -0.508 e. The molecule has 4 unspecified atom stereocenters. The zero-order chi connectivity index (χ0) is 16.8. The van der Waals surface area contributed by atoms with Gasteiger partial charge in [-0.2, -0.15) is 0 Å². The van der Waals surface area contributed by atoms with Gasteiger partial charge in [-0.1, -0.05) is 24.3 Å². The van der Waals surface area contributed by atoms with E-state index in [0.29, 0.717) is 16.9 Å². The minimum absolute atomic E-state index is 0.0747. The monoisotopic (exact) mass is 332 g/mol. The van der Waals surface area contributed by atoms with Crippen molar-refractivity contribution in [1.29, 1.82) is 0 Å². The van der Waals surface area contributed by atoms with Crippen molar-refractivity contribution < 1.29 is 10.2 Å². The highest BCUT2D eigenvalue weighted by atomic mass is 16.3. The highest BCUT2D eigenvalue weighted by molar-refractivity contribution is 5.51. The standard InChI is InChI=1S/C23H24O2/c24-18-5-1-16(2-6-18)23(17-3-7-19(25)8-4-17)20-10-14-9-15-11-21(23)22(20,12-14)13-15/h1-8,14-15,20-21,24-25H,9-13H2. The molecular weight excluding hydrogens is 308 g/mol. The molecule has 2 aromatic carbocycles. The van der Waals surface area contributed by atoms with Crippen LogP contribution in [0.2, 0.25) is 0 Å². The molecule has 2 nitrogen and oxygen atoms in total. The van der Waals surface area contributed by atoms with E-state index < -0.39 is 0 Å². The molecule has 25 heavy (non-hydrogen) atoms. The van der Waals surface area contributed by atoms with Gasteiger partial charge in [-0.25, -0.2) is 0 Å². The van der Waals surface area contributed by atoms with Gasteiger partial charge in [0.1, 0.15) is 11.5 Å². The third-order valence-corrected chi connectivity index (χ3v) is 8.32. The summed E-state index contributed by atoms with van der Waals surface area (Å²) in [4.78, 5) is 0. The fraction of sp³-hybridized carbons (Fsp3) is 0.478. The molecule has 0 amide bonds. The minimum atomic E-state index is 0.0747. The topological polar surface area (TPSA) is 40.5 Å². The molecule has 4 aliphatic carbocycles. The number of hydrogen-bond acceptors (Lipinski definition) is 2. The number of aromatic hydroxyl groups is 2. The van der Waals surface area contributed by atoms with E-state index in [4.69, 9.17) is 0 Å². The summed E-state index contributed by atoms with van der Waals surface area (Å²) in [6.07, 6.45) is 7.05. The van der Waals surface area contributed by atoms with E-state index in [9.17, 15) is 10.2 Å². The second-order valence-electron chi connectivity index (χ2n) is 9.15. The molecule has 0 aromatic heterocycles. The van der Waals surface area contributed by atoms with Crippen LogP contribution in [-0.4, -0.2) is 10.2 Å². The van der Waals surface area contributed by atoms with E-state index in [-0.39, 0.29) is 5.41 Å². The number of phenols is 2. The molecule has 4 saturated carbocycles. The third-order valence-electron chi connectivity index (χ3n) is 8.32. The van der Waals surface area contributed by atoms with Gasteiger partial charge in [0.25, 0.3) is 0 Å². The second-order valence-corrected chi connectivity index (χ2v) is 9.15. The van der Waals surface area contributed by atoms with Crippen LogP contribution >= 0.6 is 0 Å². The molecule has 4 fully saturated rings. The SMILES string of the molecule is Oc1ccc(C2(c3ccc(O)cc3)C3CC4CC5CC2C3(C4)C5)cc1. The van der Waals surface area contributed by atoms with Crippen molar-refractivity contribution in [3.05, 3.63) is 59.7 Å². The Morgan fingerprint density at radius 1 is 0.640 bits per heavy atom. The van der Waals surface area contributed by atoms with E-state index in [0.717, 1.165) is 23.7 Å². The molecule has 0 saturated heterocycles. The summed E-state index contributed by atoms with van der Waals surface area (Å²) in [5.74, 6) is 3.97. The summed E-state index contributed by atoms with van der Waals surface area (Å²) in [6, 6.07) is 16.0. The van der Waals surface area contributed by atoms with Crippen LogP contribution in [0, 0.1) is 29.1 Å². The van der Waals surface area contributed by atoms with Crippen LogP contribution < -0.4 is 0 Å². The number of fused-ring (bicyclic) bond motifs is 2. The van der Waals surface area contributed by atoms with E-state index in [1.54, 1.807) is 0 Å². The van der Waals surface area contributed by atoms with E-state index in [1.807, 2.05) is 24.3 Å². The lowest BCUT2D eigenvalue weighted by molar-refractivity contribution is -0.0844. The Morgan fingerprint density at radius 2 is 1.08 bits per heavy atom. The second kappa shape index (κ2) is 4.41. The van der Waals surface area contributed by atoms with Gasteiger partial charge in [0.15, 0.2) is 0 Å². The Labute approximate surface area is 148 Å². The van der Waals surface area contributed by atoms with Crippen LogP contribution in [0.3, 0.4) is 0 Å².